The first kappa shape index (κ1) is 117. The quantitative estimate of drug-likeness (QED) is 0.142. The van der Waals surface area contributed by atoms with E-state index >= 15 is 0 Å². The van der Waals surface area contributed by atoms with Gasteiger partial charge in [0.15, 0.2) is 0 Å². The lowest BCUT2D eigenvalue weighted by atomic mass is 10.1. The molecular weight excluding hydrogens is 1790 g/mol. The number of furan rings is 1. The van der Waals surface area contributed by atoms with Gasteiger partial charge in [0.05, 0.1) is 11.3 Å². The summed E-state index contributed by atoms with van der Waals surface area (Å²) in [6.45, 7) is 60.0. The van der Waals surface area contributed by atoms with Crippen molar-refractivity contribution in [2.24, 2.45) is 7.05 Å². The largest absolute Gasteiger partial charge is 0.469 e. The fraction of sp³-hybridized carbons (Fsp3) is 0.288. The SMILES string of the molecule is Cc1cc(C)n(C)c1.Cc1cc(F)c(C)c(Cl)c1.Cc1cc(F)c(C)c(F)c1.Cc1cc(F)c(C)cc1F.Cc1ccc(C)c(Br)c1.Cc1ccc(C)c(C)c1.Cc1ccc(C)c(Cl)c1.Cc1ccc(C)c(F)c1.Cc1ccc(C)c(F)c1.Cc1ccc(C)cc1.Cc1ccc(C)nc1.Cc1cnc(C)nc1.Cc1coc(C)c1.Cc1csc(C)c1.Cc1csc(C)c1Cl. The molecule has 0 atom stereocenters. The second-order valence-electron chi connectivity index (χ2n) is 32.1. The predicted molar refractivity (Wildman–Crippen MR) is 546 cm³/mol. The number of halogens is 11. The lowest BCUT2D eigenvalue weighted by Crippen LogP contribution is -1.88. The maximum absolute atomic E-state index is 12.8. The molecule has 0 unspecified atom stereocenters. The molecular formula is C111H133BrCl3F7N4OS2. The van der Waals surface area contributed by atoms with E-state index in [0.29, 0.717) is 38.4 Å². The van der Waals surface area contributed by atoms with Gasteiger partial charge in [0.2, 0.25) is 0 Å². The number of thiophene rings is 2. The van der Waals surface area contributed by atoms with Crippen molar-refractivity contribution in [2.75, 3.05) is 0 Å². The Morgan fingerprint density at radius 1 is 0.295 bits per heavy atom. The van der Waals surface area contributed by atoms with E-state index in [2.05, 4.69) is 221 Å². The van der Waals surface area contributed by atoms with Crippen LogP contribution in [0.15, 0.2) is 233 Å². The summed E-state index contributed by atoms with van der Waals surface area (Å²) in [5, 5.41) is 6.51. The average molecular weight is 1920 g/mol. The molecule has 0 spiro atoms. The smallest absolute Gasteiger partial charge is 0.129 e. The highest BCUT2D eigenvalue weighted by Gasteiger charge is 2.06. The molecule has 6 aromatic heterocycles. The zero-order valence-electron chi connectivity index (χ0n) is 81.5. The van der Waals surface area contributed by atoms with Crippen LogP contribution in [-0.2, 0) is 7.05 Å². The lowest BCUT2D eigenvalue weighted by molar-refractivity contribution is 0.533. The molecule has 0 aliphatic carbocycles. The summed E-state index contributed by atoms with van der Waals surface area (Å²) in [6, 6.07) is 56.5. The monoisotopic (exact) mass is 1920 g/mol. The third kappa shape index (κ3) is 51.3. The van der Waals surface area contributed by atoms with Gasteiger partial charge in [-0.05, 0) is 422 Å². The van der Waals surface area contributed by atoms with Gasteiger partial charge in [-0.3, -0.25) is 4.98 Å². The van der Waals surface area contributed by atoms with E-state index in [9.17, 15) is 30.7 Å². The molecule has 15 rings (SSSR count). The zero-order valence-corrected chi connectivity index (χ0v) is 87.0. The maximum atomic E-state index is 12.8. The fourth-order valence-corrected chi connectivity index (χ4v) is 12.9. The third-order valence-electron chi connectivity index (χ3n) is 18.6. The molecule has 0 aliphatic heterocycles. The summed E-state index contributed by atoms with van der Waals surface area (Å²) in [5.41, 5.74) is 27.7. The fourth-order valence-electron chi connectivity index (χ4n) is 10.2. The lowest BCUT2D eigenvalue weighted by Gasteiger charge is -1.99. The summed E-state index contributed by atoms with van der Waals surface area (Å²) >= 11 is 24.2. The van der Waals surface area contributed by atoms with Crippen LogP contribution < -0.4 is 0 Å². The first-order chi connectivity index (χ1) is 60.2. The van der Waals surface area contributed by atoms with E-state index in [-0.39, 0.29) is 34.6 Å². The Balaban J connectivity index is 0.000000692. The zero-order chi connectivity index (χ0) is 98.2. The molecule has 0 bridgehead atoms. The Labute approximate surface area is 799 Å². The number of aryl methyl sites for hydroxylation is 30. The van der Waals surface area contributed by atoms with Crippen molar-refractivity contribution in [1.29, 1.82) is 0 Å². The summed E-state index contributed by atoms with van der Waals surface area (Å²) in [4.78, 5) is 14.6. The van der Waals surface area contributed by atoms with Crippen LogP contribution in [0.1, 0.15) is 172 Å². The van der Waals surface area contributed by atoms with E-state index in [1.54, 1.807) is 74.8 Å². The molecule has 6 heterocycles. The minimum Gasteiger partial charge on any atom is -0.469 e. The third-order valence-corrected chi connectivity index (χ3v) is 23.0. The van der Waals surface area contributed by atoms with Gasteiger partial charge in [0, 0.05) is 78.6 Å². The van der Waals surface area contributed by atoms with E-state index in [4.69, 9.17) is 39.2 Å². The van der Waals surface area contributed by atoms with Crippen LogP contribution in [0.3, 0.4) is 0 Å². The molecule has 0 fully saturated rings. The molecule has 129 heavy (non-hydrogen) atoms. The number of hydrogen-bond donors (Lipinski definition) is 0. The molecule has 0 saturated heterocycles. The van der Waals surface area contributed by atoms with Crippen LogP contribution in [0.25, 0.3) is 0 Å². The molecule has 692 valence electrons. The summed E-state index contributed by atoms with van der Waals surface area (Å²) < 4.78 is 96.6. The first-order valence-corrected chi connectivity index (χ1v) is 45.6. The average Bonchev–Trinajstić information content (AvgIpc) is 1.58. The van der Waals surface area contributed by atoms with Gasteiger partial charge in [-0.15, -0.1) is 22.7 Å². The Kier molecular flexibility index (Phi) is 55.9. The van der Waals surface area contributed by atoms with E-state index in [0.717, 1.165) is 55.1 Å². The molecule has 0 amide bonds. The Morgan fingerprint density at radius 3 is 0.969 bits per heavy atom. The molecule has 0 aliphatic rings. The van der Waals surface area contributed by atoms with Crippen molar-refractivity contribution in [1.82, 2.24) is 19.5 Å². The number of aromatic nitrogens is 4. The standard InChI is InChI=1S/C9H12.C8H9Br.C8H8ClF.C8H9Cl.2C8H8F2.2C8H9F.C8H10.C7H11N.C7H9N.C6H7ClS.C6H8N2.C6H8O.C6H8S/c1-7-4-5-8(2)9(3)6-7;1-6-3-4-7(2)8(9)5-6;1-5-3-7(9)6(2)8(10)4-5;1-6-3-4-7(2)8(9)5-6;1-5-3-8(10)6(2)4-7(5)9;1-5-3-7(9)6(2)8(10)4-5;2*1-6-3-4-7(2)8(9)5-6;1-7-3-5-8(2)6-4-7;1-6-4-7(2)8(3)5-6;1-6-3-4-7(2)8-5-6;1-4-3-8-5(2)6(4)7;1-5-3-7-6(2)8-4-5;2*1-5-3-6(2)7-4-5/h4-6H,1-3H3;3-5H,1-2H3;3-4H,1-2H3;3-5H,1-2H3;2*3-4H,1-2H3;2*3-5H,1-2H3;3-6H,1-2H3;4-5H,1-3H3;3-5H,1-2H3;3H,1-2H3;3-4H,1-2H3;2*3-4H,1-2H3. The Morgan fingerprint density at radius 2 is 0.690 bits per heavy atom. The molecule has 0 saturated carbocycles. The normalized spacial score (nSPS) is 9.67. The Bertz CT molecular complexity index is 5100. The van der Waals surface area contributed by atoms with Gasteiger partial charge < -0.3 is 8.98 Å². The van der Waals surface area contributed by atoms with Crippen molar-refractivity contribution in [3.8, 4) is 0 Å². The van der Waals surface area contributed by atoms with Crippen molar-refractivity contribution >= 4 is 73.4 Å². The molecule has 18 heteroatoms. The van der Waals surface area contributed by atoms with E-state index in [1.807, 2.05) is 145 Å². The van der Waals surface area contributed by atoms with Crippen molar-refractivity contribution in [3.63, 3.8) is 0 Å². The summed E-state index contributed by atoms with van der Waals surface area (Å²) in [7, 11) is 2.06. The summed E-state index contributed by atoms with van der Waals surface area (Å²) in [5.74, 6) is -0.295. The molecule has 0 N–H and O–H groups in total. The summed E-state index contributed by atoms with van der Waals surface area (Å²) in [6.07, 6.45) is 9.35. The molecule has 5 nitrogen and oxygen atoms in total. The number of benzene rings is 9. The molecule has 0 radical (unpaired) electrons. The van der Waals surface area contributed by atoms with Crippen LogP contribution in [-0.4, -0.2) is 19.5 Å². The Hall–Kier alpha value is -9.97. The first-order valence-electron chi connectivity index (χ1n) is 41.9. The van der Waals surface area contributed by atoms with Crippen LogP contribution >= 0.6 is 73.4 Å². The second-order valence-corrected chi connectivity index (χ2v) is 36.4. The molecule has 9 aromatic carbocycles. The van der Waals surface area contributed by atoms with Gasteiger partial charge >= 0.3 is 0 Å². The van der Waals surface area contributed by atoms with Crippen LogP contribution in [0.5, 0.6) is 0 Å². The number of rotatable bonds is 0. The van der Waals surface area contributed by atoms with Crippen molar-refractivity contribution < 1.29 is 35.2 Å². The van der Waals surface area contributed by atoms with Crippen LogP contribution in [0.4, 0.5) is 30.7 Å². The highest BCUT2D eigenvalue weighted by molar-refractivity contribution is 9.10. The van der Waals surface area contributed by atoms with Crippen molar-refractivity contribution in [2.45, 2.75) is 215 Å². The van der Waals surface area contributed by atoms with Gasteiger partial charge in [-0.25, -0.2) is 40.7 Å². The van der Waals surface area contributed by atoms with Gasteiger partial charge in [0.1, 0.15) is 52.3 Å². The minimum atomic E-state index is -0.475. The van der Waals surface area contributed by atoms with Gasteiger partial charge in [0.25, 0.3) is 0 Å². The molecule has 15 aromatic rings. The van der Waals surface area contributed by atoms with E-state index < -0.39 is 11.6 Å². The number of nitrogens with zero attached hydrogens (tertiary/aromatic N) is 4. The van der Waals surface area contributed by atoms with Gasteiger partial charge in [-0.1, -0.05) is 164 Å². The second kappa shape index (κ2) is 61.6. The van der Waals surface area contributed by atoms with Crippen LogP contribution in [0, 0.1) is 255 Å². The number of pyridine rings is 1. The van der Waals surface area contributed by atoms with Crippen molar-refractivity contribution in [3.05, 3.63) is 456 Å². The predicted octanol–water partition coefficient (Wildman–Crippen LogP) is 35.8. The maximum Gasteiger partial charge on any atom is 0.129 e. The minimum absolute atomic E-state index is 0.0885. The van der Waals surface area contributed by atoms with Gasteiger partial charge in [-0.2, -0.15) is 0 Å². The topological polar surface area (TPSA) is 56.7 Å². The highest BCUT2D eigenvalue weighted by Crippen LogP contribution is 2.26. The van der Waals surface area contributed by atoms with Crippen LogP contribution in [0.2, 0.25) is 15.1 Å². The van der Waals surface area contributed by atoms with E-state index in [1.165, 1.54) is 155 Å². The number of hydrogen-bond acceptors (Lipinski definition) is 6. The highest BCUT2D eigenvalue weighted by atomic mass is 79.9.